The van der Waals surface area contributed by atoms with Crippen LogP contribution in [0, 0.1) is 0 Å². The second kappa shape index (κ2) is 9.71. The van der Waals surface area contributed by atoms with Crippen LogP contribution < -0.4 is 0 Å². The molecule has 0 atom stereocenters. The largest absolute Gasteiger partial charge is 0.454 e. The van der Waals surface area contributed by atoms with Gasteiger partial charge in [-0.05, 0) is 30.3 Å². The molecular formula is C38H23N5O. The lowest BCUT2D eigenvalue weighted by Crippen LogP contribution is -2.01. The van der Waals surface area contributed by atoms with Gasteiger partial charge < -0.3 is 8.98 Å². The number of fused-ring (bicyclic) bond motifs is 7. The second-order valence-corrected chi connectivity index (χ2v) is 10.8. The molecule has 44 heavy (non-hydrogen) atoms. The van der Waals surface area contributed by atoms with Gasteiger partial charge in [0.1, 0.15) is 5.58 Å². The topological polar surface area (TPSA) is 69.6 Å². The molecule has 0 aliphatic rings. The van der Waals surface area contributed by atoms with Crippen molar-refractivity contribution in [1.29, 1.82) is 0 Å². The van der Waals surface area contributed by atoms with Crippen molar-refractivity contribution in [2.24, 2.45) is 0 Å². The molecule has 6 nitrogen and oxygen atoms in total. The van der Waals surface area contributed by atoms with Gasteiger partial charge in [-0.3, -0.25) is 4.98 Å². The zero-order valence-corrected chi connectivity index (χ0v) is 23.4. The molecule has 9 rings (SSSR count). The lowest BCUT2D eigenvalue weighted by Gasteiger charge is -2.11. The van der Waals surface area contributed by atoms with E-state index in [4.69, 9.17) is 19.4 Å². The van der Waals surface area contributed by atoms with E-state index in [9.17, 15) is 0 Å². The summed E-state index contributed by atoms with van der Waals surface area (Å²) in [4.78, 5) is 19.3. The molecule has 6 heteroatoms. The number of hydrogen-bond donors (Lipinski definition) is 0. The third-order valence-electron chi connectivity index (χ3n) is 8.14. The third-order valence-corrected chi connectivity index (χ3v) is 8.14. The Morgan fingerprint density at radius 1 is 0.500 bits per heavy atom. The maximum Gasteiger partial charge on any atom is 0.164 e. The molecule has 0 radical (unpaired) electrons. The van der Waals surface area contributed by atoms with Crippen molar-refractivity contribution in [3.05, 3.63) is 140 Å². The van der Waals surface area contributed by atoms with Crippen molar-refractivity contribution in [1.82, 2.24) is 24.5 Å². The van der Waals surface area contributed by atoms with Crippen LogP contribution in [-0.2, 0) is 0 Å². The molecule has 4 aromatic heterocycles. The quantitative estimate of drug-likeness (QED) is 0.213. The summed E-state index contributed by atoms with van der Waals surface area (Å²) in [6, 6.07) is 43.0. The minimum atomic E-state index is 0.604. The molecule has 5 aromatic carbocycles. The minimum Gasteiger partial charge on any atom is -0.454 e. The first-order valence-corrected chi connectivity index (χ1v) is 14.5. The van der Waals surface area contributed by atoms with Crippen LogP contribution in [0.3, 0.4) is 0 Å². The van der Waals surface area contributed by atoms with Crippen molar-refractivity contribution in [3.63, 3.8) is 0 Å². The lowest BCUT2D eigenvalue weighted by atomic mass is 10.1. The average Bonchev–Trinajstić information content (AvgIpc) is 3.65. The molecule has 0 saturated carbocycles. The van der Waals surface area contributed by atoms with Crippen molar-refractivity contribution in [2.45, 2.75) is 0 Å². The van der Waals surface area contributed by atoms with Crippen LogP contribution in [0.25, 0.3) is 83.6 Å². The van der Waals surface area contributed by atoms with Crippen LogP contribution in [0.4, 0.5) is 0 Å². The Bertz CT molecular complexity index is 2440. The lowest BCUT2D eigenvalue weighted by molar-refractivity contribution is 0.671. The van der Waals surface area contributed by atoms with Gasteiger partial charge in [-0.2, -0.15) is 0 Å². The zero-order valence-electron chi connectivity index (χ0n) is 23.4. The van der Waals surface area contributed by atoms with E-state index in [1.165, 1.54) is 0 Å². The van der Waals surface area contributed by atoms with E-state index in [0.29, 0.717) is 17.5 Å². The molecule has 0 unspecified atom stereocenters. The van der Waals surface area contributed by atoms with Crippen LogP contribution in [0.2, 0.25) is 0 Å². The number of pyridine rings is 1. The Morgan fingerprint density at radius 2 is 1.14 bits per heavy atom. The highest BCUT2D eigenvalue weighted by Crippen LogP contribution is 2.40. The standard InChI is InChI=1S/C38H23N5O/c1-3-10-24(11-4-1)36-40-37(25-12-5-2-6-13-25)42-38(41-36)26-14-9-15-27(22-26)43-32-23-39-21-20-28(32)30-18-19-31-29-16-7-8-17-33(29)44-35(31)34(30)43/h1-23H. The van der Waals surface area contributed by atoms with Gasteiger partial charge in [-0.1, -0.05) is 97.1 Å². The molecule has 0 fully saturated rings. The van der Waals surface area contributed by atoms with Crippen molar-refractivity contribution >= 4 is 43.7 Å². The SMILES string of the molecule is c1ccc(-c2nc(-c3ccccc3)nc(-c3cccc(-n4c5cnccc5c5ccc6c7ccccc7oc6c54)c3)n2)cc1. The van der Waals surface area contributed by atoms with Gasteiger partial charge in [0.05, 0.1) is 17.2 Å². The summed E-state index contributed by atoms with van der Waals surface area (Å²) in [7, 11) is 0. The summed E-state index contributed by atoms with van der Waals surface area (Å²) in [5.41, 5.74) is 7.44. The summed E-state index contributed by atoms with van der Waals surface area (Å²) in [5, 5.41) is 4.40. The number of hydrogen-bond acceptors (Lipinski definition) is 5. The van der Waals surface area contributed by atoms with E-state index in [0.717, 1.165) is 66.1 Å². The van der Waals surface area contributed by atoms with Gasteiger partial charge in [0.2, 0.25) is 0 Å². The second-order valence-electron chi connectivity index (χ2n) is 10.8. The van der Waals surface area contributed by atoms with E-state index in [1.807, 2.05) is 103 Å². The summed E-state index contributed by atoms with van der Waals surface area (Å²) in [6.45, 7) is 0. The van der Waals surface area contributed by atoms with Gasteiger partial charge in [-0.15, -0.1) is 0 Å². The van der Waals surface area contributed by atoms with Crippen molar-refractivity contribution in [2.75, 3.05) is 0 Å². The van der Waals surface area contributed by atoms with E-state index in [-0.39, 0.29) is 0 Å². The van der Waals surface area contributed by atoms with Crippen molar-refractivity contribution in [3.8, 4) is 39.9 Å². The fourth-order valence-corrected chi connectivity index (χ4v) is 6.12. The van der Waals surface area contributed by atoms with Crippen LogP contribution in [0.15, 0.2) is 144 Å². The Hall–Kier alpha value is -6.14. The van der Waals surface area contributed by atoms with Crippen LogP contribution in [0.5, 0.6) is 0 Å². The highest BCUT2D eigenvalue weighted by molar-refractivity contribution is 6.21. The molecule has 0 amide bonds. The van der Waals surface area contributed by atoms with E-state index < -0.39 is 0 Å². The Balaban J connectivity index is 1.30. The van der Waals surface area contributed by atoms with Crippen LogP contribution in [0.1, 0.15) is 0 Å². The first-order valence-electron chi connectivity index (χ1n) is 14.5. The summed E-state index contributed by atoms with van der Waals surface area (Å²) in [6.07, 6.45) is 3.76. The first-order chi connectivity index (χ1) is 21.8. The van der Waals surface area contributed by atoms with E-state index in [2.05, 4.69) is 45.9 Å². The summed E-state index contributed by atoms with van der Waals surface area (Å²) in [5.74, 6) is 1.86. The molecule has 206 valence electrons. The van der Waals surface area contributed by atoms with Gasteiger partial charge in [-0.25, -0.2) is 15.0 Å². The normalized spacial score (nSPS) is 11.6. The minimum absolute atomic E-state index is 0.604. The zero-order chi connectivity index (χ0) is 29.0. The van der Waals surface area contributed by atoms with Crippen LogP contribution >= 0.6 is 0 Å². The molecule has 0 aliphatic carbocycles. The van der Waals surface area contributed by atoms with E-state index in [1.54, 1.807) is 0 Å². The molecular weight excluding hydrogens is 542 g/mol. The molecule has 0 saturated heterocycles. The summed E-state index contributed by atoms with van der Waals surface area (Å²) >= 11 is 0. The molecule has 0 spiro atoms. The van der Waals surface area contributed by atoms with Crippen LogP contribution in [-0.4, -0.2) is 24.5 Å². The molecule has 0 aliphatic heterocycles. The average molecular weight is 566 g/mol. The highest BCUT2D eigenvalue weighted by atomic mass is 16.3. The predicted octanol–water partition coefficient (Wildman–Crippen LogP) is 9.26. The fraction of sp³-hybridized carbons (Fsp3) is 0. The smallest absolute Gasteiger partial charge is 0.164 e. The summed E-state index contributed by atoms with van der Waals surface area (Å²) < 4.78 is 8.77. The highest BCUT2D eigenvalue weighted by Gasteiger charge is 2.20. The number of rotatable bonds is 4. The van der Waals surface area contributed by atoms with Crippen molar-refractivity contribution < 1.29 is 4.42 Å². The number of aromatic nitrogens is 5. The monoisotopic (exact) mass is 565 g/mol. The number of para-hydroxylation sites is 1. The molecule has 4 heterocycles. The first kappa shape index (κ1) is 24.5. The fourth-order valence-electron chi connectivity index (χ4n) is 6.12. The predicted molar refractivity (Wildman–Crippen MR) is 176 cm³/mol. The van der Waals surface area contributed by atoms with E-state index >= 15 is 0 Å². The maximum atomic E-state index is 6.53. The third kappa shape index (κ3) is 3.82. The van der Waals surface area contributed by atoms with Gasteiger partial charge in [0.25, 0.3) is 0 Å². The van der Waals surface area contributed by atoms with Gasteiger partial charge >= 0.3 is 0 Å². The van der Waals surface area contributed by atoms with Gasteiger partial charge in [0.15, 0.2) is 23.1 Å². The Morgan fingerprint density at radius 3 is 1.89 bits per heavy atom. The Kier molecular flexibility index (Phi) is 5.40. The Labute approximate surface area is 251 Å². The molecule has 9 aromatic rings. The number of nitrogens with zero attached hydrogens (tertiary/aromatic N) is 5. The maximum absolute atomic E-state index is 6.53. The molecule has 0 bridgehead atoms. The van der Waals surface area contributed by atoms with Gasteiger partial charge in [0, 0.05) is 50.1 Å². The molecule has 0 N–H and O–H groups in total. The number of benzene rings is 5. The number of furan rings is 1.